The van der Waals surface area contributed by atoms with E-state index in [2.05, 4.69) is 0 Å². The Kier molecular flexibility index (Phi) is 3.45. The molecule has 1 N–H and O–H groups in total. The van der Waals surface area contributed by atoms with Crippen molar-refractivity contribution in [3.05, 3.63) is 45.8 Å². The van der Waals surface area contributed by atoms with Crippen molar-refractivity contribution in [2.24, 2.45) is 0 Å². The fraction of sp³-hybridized carbons (Fsp3) is 0.400. The third-order valence-corrected chi connectivity index (χ3v) is 2.15. The van der Waals surface area contributed by atoms with Crippen LogP contribution in [0.15, 0.2) is 35.6 Å². The van der Waals surface area contributed by atoms with Crippen molar-refractivity contribution >= 4 is 0 Å². The minimum Gasteiger partial charge on any atom is -0.512 e. The second-order valence-corrected chi connectivity index (χ2v) is 3.29. The maximum atomic E-state index is 10.3. The van der Waals surface area contributed by atoms with E-state index in [1.165, 1.54) is 6.92 Å². The molecule has 0 fully saturated rings. The molecule has 0 aromatic heterocycles. The number of nitro groups is 1. The summed E-state index contributed by atoms with van der Waals surface area (Å²) in [7, 11) is 0. The van der Waals surface area contributed by atoms with Gasteiger partial charge in [-0.25, -0.2) is 0 Å². The molecule has 1 aliphatic rings. The van der Waals surface area contributed by atoms with Crippen molar-refractivity contribution in [2.45, 2.75) is 25.8 Å². The lowest BCUT2D eigenvalue weighted by molar-refractivity contribution is -0.518. The fourth-order valence-corrected chi connectivity index (χ4v) is 1.16. The molecule has 14 heavy (non-hydrogen) atoms. The SMILES string of the molecule is CC(CCC(O)=C1C=CC=C1)[N+](=O)[O-]. The molecule has 0 bridgehead atoms. The minimum atomic E-state index is -0.605. The van der Waals surface area contributed by atoms with E-state index in [0.29, 0.717) is 12.8 Å². The first-order valence-electron chi connectivity index (χ1n) is 4.51. The Morgan fingerprint density at radius 3 is 2.64 bits per heavy atom. The van der Waals surface area contributed by atoms with Gasteiger partial charge in [0.2, 0.25) is 6.04 Å². The molecule has 1 rings (SSSR count). The zero-order valence-electron chi connectivity index (χ0n) is 8.01. The van der Waals surface area contributed by atoms with Gasteiger partial charge >= 0.3 is 0 Å². The first kappa shape index (κ1) is 10.5. The Balaban J connectivity index is 2.46. The van der Waals surface area contributed by atoms with Gasteiger partial charge in [-0.15, -0.1) is 0 Å². The van der Waals surface area contributed by atoms with E-state index in [9.17, 15) is 15.2 Å². The summed E-state index contributed by atoms with van der Waals surface area (Å²) in [5.41, 5.74) is 0.751. The molecular weight excluding hydrogens is 182 g/mol. The predicted octanol–water partition coefficient (Wildman–Crippen LogP) is 2.37. The lowest BCUT2D eigenvalue weighted by Gasteiger charge is -2.04. The van der Waals surface area contributed by atoms with Crippen LogP contribution in [0.2, 0.25) is 0 Å². The molecule has 0 radical (unpaired) electrons. The molecule has 4 heteroatoms. The van der Waals surface area contributed by atoms with Gasteiger partial charge in [-0.3, -0.25) is 10.1 Å². The van der Waals surface area contributed by atoms with E-state index < -0.39 is 6.04 Å². The normalized spacial score (nSPS) is 15.9. The monoisotopic (exact) mass is 195 g/mol. The van der Waals surface area contributed by atoms with E-state index in [0.717, 1.165) is 5.57 Å². The van der Waals surface area contributed by atoms with Gasteiger partial charge in [0.1, 0.15) is 0 Å². The zero-order chi connectivity index (χ0) is 10.6. The van der Waals surface area contributed by atoms with Crippen molar-refractivity contribution in [1.82, 2.24) is 0 Å². The highest BCUT2D eigenvalue weighted by atomic mass is 16.6. The van der Waals surface area contributed by atoms with Crippen molar-refractivity contribution in [2.75, 3.05) is 0 Å². The summed E-state index contributed by atoms with van der Waals surface area (Å²) < 4.78 is 0. The molecule has 0 saturated carbocycles. The highest BCUT2D eigenvalue weighted by molar-refractivity contribution is 5.41. The summed E-state index contributed by atoms with van der Waals surface area (Å²) in [5, 5.41) is 19.8. The minimum absolute atomic E-state index is 0.226. The quantitative estimate of drug-likeness (QED) is 0.425. The van der Waals surface area contributed by atoms with Gasteiger partial charge in [0.15, 0.2) is 0 Å². The molecule has 0 amide bonds. The van der Waals surface area contributed by atoms with Crippen LogP contribution in [0.3, 0.4) is 0 Å². The Morgan fingerprint density at radius 2 is 2.14 bits per heavy atom. The summed E-state index contributed by atoms with van der Waals surface area (Å²) in [4.78, 5) is 9.98. The van der Waals surface area contributed by atoms with Gasteiger partial charge in [-0.1, -0.05) is 24.3 Å². The molecule has 0 aromatic rings. The largest absolute Gasteiger partial charge is 0.512 e. The lowest BCUT2D eigenvalue weighted by atomic mass is 10.1. The van der Waals surface area contributed by atoms with Crippen molar-refractivity contribution in [3.63, 3.8) is 0 Å². The Bertz CT molecular complexity index is 301. The number of nitrogens with zero attached hydrogens (tertiary/aromatic N) is 1. The number of hydrogen-bond donors (Lipinski definition) is 1. The molecule has 1 aliphatic carbocycles. The highest BCUT2D eigenvalue weighted by Crippen LogP contribution is 2.16. The van der Waals surface area contributed by atoms with Crippen LogP contribution in [-0.4, -0.2) is 16.1 Å². The van der Waals surface area contributed by atoms with Crippen LogP contribution in [0.4, 0.5) is 0 Å². The molecule has 0 spiro atoms. The van der Waals surface area contributed by atoms with Crippen LogP contribution in [0.25, 0.3) is 0 Å². The average molecular weight is 195 g/mol. The summed E-state index contributed by atoms with van der Waals surface area (Å²) in [5.74, 6) is 0.226. The molecule has 0 saturated heterocycles. The van der Waals surface area contributed by atoms with E-state index in [-0.39, 0.29) is 10.7 Å². The maximum Gasteiger partial charge on any atom is 0.210 e. The third kappa shape index (κ3) is 2.73. The Hall–Kier alpha value is -1.58. The molecule has 4 nitrogen and oxygen atoms in total. The third-order valence-electron chi connectivity index (χ3n) is 2.15. The van der Waals surface area contributed by atoms with Crippen LogP contribution in [0.1, 0.15) is 19.8 Å². The van der Waals surface area contributed by atoms with Gasteiger partial charge in [-0.05, 0) is 0 Å². The summed E-state index contributed by atoms with van der Waals surface area (Å²) in [6.45, 7) is 1.54. The molecular formula is C10H13NO3. The van der Waals surface area contributed by atoms with Crippen LogP contribution < -0.4 is 0 Å². The van der Waals surface area contributed by atoms with Gasteiger partial charge in [0.05, 0.1) is 5.76 Å². The van der Waals surface area contributed by atoms with E-state index >= 15 is 0 Å². The lowest BCUT2D eigenvalue weighted by Crippen LogP contribution is -2.14. The number of allylic oxidation sites excluding steroid dienone is 6. The summed E-state index contributed by atoms with van der Waals surface area (Å²) in [6, 6.07) is -0.605. The summed E-state index contributed by atoms with van der Waals surface area (Å²) >= 11 is 0. The van der Waals surface area contributed by atoms with Crippen molar-refractivity contribution in [3.8, 4) is 0 Å². The fourth-order valence-electron chi connectivity index (χ4n) is 1.16. The van der Waals surface area contributed by atoms with E-state index in [1.54, 1.807) is 12.2 Å². The Morgan fingerprint density at radius 1 is 1.57 bits per heavy atom. The van der Waals surface area contributed by atoms with Gasteiger partial charge in [0, 0.05) is 30.3 Å². The standard InChI is InChI=1S/C10H13NO3/c1-8(11(13)14)6-7-10(12)9-4-2-3-5-9/h2-5,8,12H,6-7H2,1H3. The van der Waals surface area contributed by atoms with Crippen molar-refractivity contribution in [1.29, 1.82) is 0 Å². The molecule has 1 atom stereocenters. The molecule has 0 aromatic carbocycles. The van der Waals surface area contributed by atoms with Crippen LogP contribution in [-0.2, 0) is 0 Å². The van der Waals surface area contributed by atoms with Crippen LogP contribution in [0, 0.1) is 10.1 Å². The number of aliphatic hydroxyl groups excluding tert-OH is 1. The second kappa shape index (κ2) is 4.60. The smallest absolute Gasteiger partial charge is 0.210 e. The van der Waals surface area contributed by atoms with Gasteiger partial charge in [-0.2, -0.15) is 0 Å². The number of aliphatic hydroxyl groups is 1. The van der Waals surface area contributed by atoms with E-state index in [1.807, 2.05) is 12.2 Å². The van der Waals surface area contributed by atoms with Crippen LogP contribution >= 0.6 is 0 Å². The zero-order valence-corrected chi connectivity index (χ0v) is 8.01. The Labute approximate surface area is 82.4 Å². The second-order valence-electron chi connectivity index (χ2n) is 3.29. The molecule has 1 unspecified atom stereocenters. The number of hydrogen-bond acceptors (Lipinski definition) is 3. The van der Waals surface area contributed by atoms with Crippen molar-refractivity contribution < 1.29 is 10.0 Å². The van der Waals surface area contributed by atoms with Gasteiger partial charge < -0.3 is 5.11 Å². The molecule has 76 valence electrons. The molecule has 0 heterocycles. The predicted molar refractivity (Wildman–Crippen MR) is 53.6 cm³/mol. The topological polar surface area (TPSA) is 63.4 Å². The van der Waals surface area contributed by atoms with Crippen LogP contribution in [0.5, 0.6) is 0 Å². The highest BCUT2D eigenvalue weighted by Gasteiger charge is 2.13. The molecule has 0 aliphatic heterocycles. The maximum absolute atomic E-state index is 10.3. The van der Waals surface area contributed by atoms with E-state index in [4.69, 9.17) is 0 Å². The number of rotatable bonds is 4. The average Bonchev–Trinajstić information content (AvgIpc) is 2.66. The first-order valence-corrected chi connectivity index (χ1v) is 4.51. The summed E-state index contributed by atoms with van der Waals surface area (Å²) in [6.07, 6.45) is 7.93. The first-order chi connectivity index (χ1) is 6.61. The van der Waals surface area contributed by atoms with Gasteiger partial charge in [0.25, 0.3) is 0 Å².